The van der Waals surface area contributed by atoms with Crippen LogP contribution in [0.4, 0.5) is 5.69 Å². The number of fused-ring (bicyclic) bond motifs is 5. The SMILES string of the molecule is Cc1ccc2c(c1)C=CC1N2[C@@H](C(=O)C(C)(C)C)[C@H](c2ccc(Br)cc2)C12C(=O)c1ccccc1C2=O. The summed E-state index contributed by atoms with van der Waals surface area (Å²) in [5.41, 5.74) is 2.57. The van der Waals surface area contributed by atoms with E-state index in [4.69, 9.17) is 0 Å². The van der Waals surface area contributed by atoms with E-state index >= 15 is 0 Å². The van der Waals surface area contributed by atoms with Crippen molar-refractivity contribution in [2.75, 3.05) is 4.90 Å². The molecule has 1 aliphatic carbocycles. The lowest BCUT2D eigenvalue weighted by molar-refractivity contribution is -0.127. The fourth-order valence-corrected chi connectivity index (χ4v) is 6.85. The van der Waals surface area contributed by atoms with Crippen molar-refractivity contribution in [3.63, 3.8) is 0 Å². The van der Waals surface area contributed by atoms with E-state index < -0.39 is 28.8 Å². The molecular formula is C32H28BrNO3. The Morgan fingerprint density at radius 1 is 0.919 bits per heavy atom. The Bertz CT molecular complexity index is 1480. The average Bonchev–Trinajstić information content (AvgIpc) is 3.29. The molecule has 3 aromatic carbocycles. The van der Waals surface area contributed by atoms with Crippen molar-refractivity contribution >= 4 is 45.0 Å². The minimum Gasteiger partial charge on any atom is -0.352 e. The highest BCUT2D eigenvalue weighted by Crippen LogP contribution is 2.61. The molecule has 0 amide bonds. The Balaban J connectivity index is 1.70. The first kappa shape index (κ1) is 24.1. The number of hydrogen-bond donors (Lipinski definition) is 0. The predicted octanol–water partition coefficient (Wildman–Crippen LogP) is 6.81. The van der Waals surface area contributed by atoms with Crippen molar-refractivity contribution < 1.29 is 14.4 Å². The third-order valence-electron chi connectivity index (χ3n) is 8.20. The van der Waals surface area contributed by atoms with E-state index in [9.17, 15) is 14.4 Å². The van der Waals surface area contributed by atoms with Crippen LogP contribution in [-0.2, 0) is 4.79 Å². The predicted molar refractivity (Wildman–Crippen MR) is 149 cm³/mol. The monoisotopic (exact) mass is 553 g/mol. The first-order valence-corrected chi connectivity index (χ1v) is 13.4. The van der Waals surface area contributed by atoms with Crippen LogP contribution in [0.2, 0.25) is 0 Å². The van der Waals surface area contributed by atoms with Gasteiger partial charge in [-0.3, -0.25) is 14.4 Å². The molecule has 0 radical (unpaired) electrons. The highest BCUT2D eigenvalue weighted by Gasteiger charge is 2.71. The lowest BCUT2D eigenvalue weighted by Crippen LogP contribution is -2.49. The van der Waals surface area contributed by atoms with Crippen LogP contribution in [0, 0.1) is 17.8 Å². The number of halogens is 1. The van der Waals surface area contributed by atoms with Gasteiger partial charge in [-0.25, -0.2) is 0 Å². The van der Waals surface area contributed by atoms with Crippen molar-refractivity contribution in [1.82, 2.24) is 0 Å². The first-order valence-electron chi connectivity index (χ1n) is 12.6. The molecule has 0 N–H and O–H groups in total. The first-order chi connectivity index (χ1) is 17.6. The number of hydrogen-bond acceptors (Lipinski definition) is 4. The number of carbonyl (C=O) groups is 3. The average molecular weight is 554 g/mol. The maximum atomic E-state index is 14.5. The molecule has 3 aromatic rings. The second kappa shape index (κ2) is 8.09. The van der Waals surface area contributed by atoms with Crippen molar-refractivity contribution in [1.29, 1.82) is 0 Å². The van der Waals surface area contributed by atoms with Gasteiger partial charge in [0.1, 0.15) is 5.41 Å². The van der Waals surface area contributed by atoms with Crippen molar-refractivity contribution in [3.05, 3.63) is 105 Å². The summed E-state index contributed by atoms with van der Waals surface area (Å²) in [6.45, 7) is 7.78. The Kier molecular flexibility index (Phi) is 5.26. The molecule has 0 aromatic heterocycles. The van der Waals surface area contributed by atoms with Gasteiger partial charge in [0.2, 0.25) is 0 Å². The molecule has 37 heavy (non-hydrogen) atoms. The maximum absolute atomic E-state index is 14.5. The quantitative estimate of drug-likeness (QED) is 0.327. The number of anilines is 1. The topological polar surface area (TPSA) is 54.5 Å². The second-order valence-corrected chi connectivity index (χ2v) is 12.4. The fourth-order valence-electron chi connectivity index (χ4n) is 6.58. The summed E-state index contributed by atoms with van der Waals surface area (Å²) >= 11 is 3.52. The number of benzene rings is 3. The zero-order chi connectivity index (χ0) is 26.3. The van der Waals surface area contributed by atoms with Crippen LogP contribution in [-0.4, -0.2) is 29.4 Å². The third-order valence-corrected chi connectivity index (χ3v) is 8.72. The van der Waals surface area contributed by atoms with E-state index in [-0.39, 0.29) is 17.3 Å². The Hall–Kier alpha value is -3.31. The summed E-state index contributed by atoms with van der Waals surface area (Å²) in [6, 6.07) is 19.7. The zero-order valence-corrected chi connectivity index (χ0v) is 22.9. The molecule has 0 bridgehead atoms. The van der Waals surface area contributed by atoms with E-state index in [1.54, 1.807) is 24.3 Å². The lowest BCUT2D eigenvalue weighted by Gasteiger charge is -2.38. The van der Waals surface area contributed by atoms with Gasteiger partial charge in [-0.1, -0.05) is 96.9 Å². The molecule has 1 unspecified atom stereocenters. The number of Topliss-reactive ketones (excluding diaryl/α,β-unsaturated/α-hetero) is 3. The van der Waals surface area contributed by atoms with Crippen LogP contribution in [0.3, 0.4) is 0 Å². The van der Waals surface area contributed by atoms with Gasteiger partial charge in [0, 0.05) is 32.6 Å². The summed E-state index contributed by atoms with van der Waals surface area (Å²) in [5, 5.41) is 0. The Morgan fingerprint density at radius 3 is 2.14 bits per heavy atom. The van der Waals surface area contributed by atoms with Gasteiger partial charge in [-0.15, -0.1) is 0 Å². The Morgan fingerprint density at radius 2 is 1.54 bits per heavy atom. The highest BCUT2D eigenvalue weighted by atomic mass is 79.9. The van der Waals surface area contributed by atoms with E-state index in [2.05, 4.69) is 26.9 Å². The van der Waals surface area contributed by atoms with Crippen LogP contribution in [0.25, 0.3) is 6.08 Å². The van der Waals surface area contributed by atoms with Gasteiger partial charge in [-0.05, 0) is 42.3 Å². The zero-order valence-electron chi connectivity index (χ0n) is 21.3. The number of nitrogens with zero attached hydrogens (tertiary/aromatic N) is 1. The van der Waals surface area contributed by atoms with Crippen LogP contribution in [0.5, 0.6) is 0 Å². The summed E-state index contributed by atoms with van der Waals surface area (Å²) in [7, 11) is 0. The lowest BCUT2D eigenvalue weighted by atomic mass is 9.63. The van der Waals surface area contributed by atoms with E-state index in [1.807, 2.05) is 76.2 Å². The van der Waals surface area contributed by atoms with Gasteiger partial charge in [0.25, 0.3) is 0 Å². The van der Waals surface area contributed by atoms with Crippen molar-refractivity contribution in [3.8, 4) is 0 Å². The largest absolute Gasteiger partial charge is 0.352 e. The molecule has 186 valence electrons. The Labute approximate surface area is 225 Å². The highest BCUT2D eigenvalue weighted by molar-refractivity contribution is 9.10. The van der Waals surface area contributed by atoms with Gasteiger partial charge in [-0.2, -0.15) is 0 Å². The molecular weight excluding hydrogens is 526 g/mol. The number of carbonyl (C=O) groups excluding carboxylic acids is 3. The molecule has 1 saturated heterocycles. The standard InChI is InChI=1S/C32H28BrNO3/c1-18-9-15-24-20(17-18)12-16-25-32(28(35)22-7-5-6-8-23(22)29(32)36)26(19-10-13-21(33)14-11-19)27(34(24)25)30(37)31(2,3)4/h5-17,25-27H,1-4H3/t25?,26-,27+/m0/s1. The molecule has 1 spiro atoms. The van der Waals surface area contributed by atoms with Crippen LogP contribution in [0.15, 0.2) is 77.3 Å². The minimum absolute atomic E-state index is 0.0145. The second-order valence-electron chi connectivity index (χ2n) is 11.4. The molecule has 0 saturated carbocycles. The number of aryl methyl sites for hydroxylation is 1. The third kappa shape index (κ3) is 3.23. The number of ketones is 3. The molecule has 5 heteroatoms. The van der Waals surface area contributed by atoms with Gasteiger partial charge >= 0.3 is 0 Å². The van der Waals surface area contributed by atoms with Crippen molar-refractivity contribution in [2.24, 2.45) is 10.8 Å². The normalized spacial score (nSPS) is 23.3. The smallest absolute Gasteiger partial charge is 0.180 e. The van der Waals surface area contributed by atoms with E-state index in [0.29, 0.717) is 11.1 Å². The summed E-state index contributed by atoms with van der Waals surface area (Å²) in [6.07, 6.45) is 3.99. The van der Waals surface area contributed by atoms with Gasteiger partial charge < -0.3 is 4.90 Å². The summed E-state index contributed by atoms with van der Waals surface area (Å²) in [4.78, 5) is 45.5. The molecule has 2 heterocycles. The van der Waals surface area contributed by atoms with Crippen LogP contribution < -0.4 is 4.90 Å². The van der Waals surface area contributed by atoms with E-state index in [0.717, 1.165) is 26.9 Å². The summed E-state index contributed by atoms with van der Waals surface area (Å²) < 4.78 is 0.896. The molecule has 6 rings (SSSR count). The maximum Gasteiger partial charge on any atom is 0.180 e. The summed E-state index contributed by atoms with van der Waals surface area (Å²) in [5.74, 6) is -1.02. The van der Waals surface area contributed by atoms with Crippen LogP contribution in [0.1, 0.15) is 64.1 Å². The minimum atomic E-state index is -1.44. The molecule has 3 aliphatic rings. The van der Waals surface area contributed by atoms with Crippen LogP contribution >= 0.6 is 15.9 Å². The van der Waals surface area contributed by atoms with E-state index in [1.165, 1.54) is 0 Å². The molecule has 3 atom stereocenters. The fraction of sp³-hybridized carbons (Fsp3) is 0.281. The molecule has 4 nitrogen and oxygen atoms in total. The van der Waals surface area contributed by atoms with Gasteiger partial charge in [0.05, 0.1) is 12.1 Å². The van der Waals surface area contributed by atoms with Crippen molar-refractivity contribution in [2.45, 2.75) is 45.7 Å². The van der Waals surface area contributed by atoms with Gasteiger partial charge in [0.15, 0.2) is 17.3 Å². The molecule has 1 fully saturated rings. The number of rotatable bonds is 2. The molecule has 2 aliphatic heterocycles.